The molecule has 2 heterocycles. The van der Waals surface area contributed by atoms with E-state index in [1.807, 2.05) is 0 Å². The summed E-state index contributed by atoms with van der Waals surface area (Å²) in [7, 11) is 0. The number of imide groups is 1. The highest BCUT2D eigenvalue weighted by Crippen LogP contribution is 2.42. The summed E-state index contributed by atoms with van der Waals surface area (Å²) in [5.41, 5.74) is 1.45. The number of anilines is 2. The van der Waals surface area contributed by atoms with Crippen LogP contribution in [-0.2, 0) is 9.53 Å². The van der Waals surface area contributed by atoms with Crippen molar-refractivity contribution in [1.29, 1.82) is 0 Å². The molecule has 9 nitrogen and oxygen atoms in total. The molecular weight excluding hydrogens is 478 g/mol. The van der Waals surface area contributed by atoms with Crippen molar-refractivity contribution in [2.75, 3.05) is 16.8 Å². The van der Waals surface area contributed by atoms with Crippen LogP contribution in [0.5, 0.6) is 11.5 Å². The minimum Gasteiger partial charge on any atom is -0.452 e. The zero-order valence-corrected chi connectivity index (χ0v) is 18.5. The van der Waals surface area contributed by atoms with Crippen molar-refractivity contribution in [2.24, 2.45) is 0 Å². The average molecular weight is 494 g/mol. The minimum atomic E-state index is -3.79. The predicted molar refractivity (Wildman–Crippen MR) is 120 cm³/mol. The highest BCUT2D eigenvalue weighted by Gasteiger charge is 2.43. The van der Waals surface area contributed by atoms with Crippen LogP contribution in [0.2, 0.25) is 0 Å². The summed E-state index contributed by atoms with van der Waals surface area (Å²) in [6.07, 6.45) is -3.79. The van der Waals surface area contributed by atoms with Crippen LogP contribution in [0, 0.1) is 6.92 Å². The van der Waals surface area contributed by atoms with Crippen molar-refractivity contribution in [1.82, 2.24) is 0 Å². The second-order valence-electron chi connectivity index (χ2n) is 7.95. The Kier molecular flexibility index (Phi) is 5.39. The number of nitrogens with zero attached hydrogens (tertiary/aromatic N) is 1. The van der Waals surface area contributed by atoms with Crippen molar-refractivity contribution in [3.05, 3.63) is 82.9 Å². The van der Waals surface area contributed by atoms with Crippen LogP contribution in [0.4, 0.5) is 20.2 Å². The van der Waals surface area contributed by atoms with Gasteiger partial charge in [0.2, 0.25) is 0 Å². The number of para-hydroxylation sites is 1. The van der Waals surface area contributed by atoms with E-state index in [2.05, 4.69) is 14.8 Å². The molecule has 3 aromatic rings. The number of hydrogen-bond donors (Lipinski definition) is 1. The molecule has 3 aromatic carbocycles. The van der Waals surface area contributed by atoms with E-state index in [4.69, 9.17) is 4.74 Å². The van der Waals surface area contributed by atoms with Gasteiger partial charge in [0.25, 0.3) is 17.7 Å². The third-order valence-electron chi connectivity index (χ3n) is 5.50. The number of carbonyl (C=O) groups is 4. The van der Waals surface area contributed by atoms with Gasteiger partial charge in [-0.2, -0.15) is 0 Å². The Balaban J connectivity index is 1.24. The molecule has 0 aromatic heterocycles. The monoisotopic (exact) mass is 494 g/mol. The molecule has 0 saturated carbocycles. The summed E-state index contributed by atoms with van der Waals surface area (Å²) in [5.74, 6) is -3.17. The molecule has 0 spiro atoms. The van der Waals surface area contributed by atoms with Gasteiger partial charge in [0.1, 0.15) is 0 Å². The Bertz CT molecular complexity index is 1450. The number of ether oxygens (including phenoxy) is 3. The lowest BCUT2D eigenvalue weighted by Gasteiger charge is -2.16. The van der Waals surface area contributed by atoms with Crippen LogP contribution in [-0.4, -0.2) is 36.6 Å². The Morgan fingerprint density at radius 1 is 0.944 bits per heavy atom. The fourth-order valence-electron chi connectivity index (χ4n) is 3.84. The Hall–Kier alpha value is -4.80. The largest absolute Gasteiger partial charge is 0.586 e. The van der Waals surface area contributed by atoms with Crippen molar-refractivity contribution >= 4 is 35.1 Å². The zero-order valence-electron chi connectivity index (χ0n) is 18.5. The van der Waals surface area contributed by atoms with E-state index >= 15 is 0 Å². The van der Waals surface area contributed by atoms with Gasteiger partial charge in [-0.25, -0.2) is 9.69 Å². The summed E-state index contributed by atoms with van der Waals surface area (Å²) in [6, 6.07) is 14.5. The summed E-state index contributed by atoms with van der Waals surface area (Å²) >= 11 is 0. The SMILES string of the molecule is Cc1ccccc1N1C(=O)c2ccc(C(=O)OCC(=O)Nc3ccc4c(c3)OC(F)(F)O4)cc2C1=O. The zero-order chi connectivity index (χ0) is 25.6. The first-order valence-electron chi connectivity index (χ1n) is 10.6. The van der Waals surface area contributed by atoms with Crippen molar-refractivity contribution in [3.63, 3.8) is 0 Å². The van der Waals surface area contributed by atoms with Gasteiger partial charge < -0.3 is 19.5 Å². The molecule has 0 radical (unpaired) electrons. The number of hydrogen-bond acceptors (Lipinski definition) is 7. The second-order valence-corrected chi connectivity index (χ2v) is 7.95. The van der Waals surface area contributed by atoms with Gasteiger partial charge in [-0.1, -0.05) is 18.2 Å². The van der Waals surface area contributed by atoms with Crippen LogP contribution in [0.25, 0.3) is 0 Å². The average Bonchev–Trinajstić information content (AvgIpc) is 3.28. The lowest BCUT2D eigenvalue weighted by atomic mass is 10.1. The summed E-state index contributed by atoms with van der Waals surface area (Å²) in [4.78, 5) is 51.5. The van der Waals surface area contributed by atoms with Crippen LogP contribution < -0.4 is 19.7 Å². The maximum Gasteiger partial charge on any atom is 0.586 e. The third-order valence-corrected chi connectivity index (χ3v) is 5.50. The number of amides is 3. The first kappa shape index (κ1) is 23.0. The molecule has 0 fully saturated rings. The number of rotatable bonds is 5. The van der Waals surface area contributed by atoms with E-state index in [1.165, 1.54) is 30.3 Å². The number of halogens is 2. The van der Waals surface area contributed by atoms with Crippen LogP contribution in [0.15, 0.2) is 60.7 Å². The lowest BCUT2D eigenvalue weighted by molar-refractivity contribution is -0.286. The summed E-state index contributed by atoms with van der Waals surface area (Å²) < 4.78 is 39.9. The van der Waals surface area contributed by atoms with Crippen LogP contribution >= 0.6 is 0 Å². The van der Waals surface area contributed by atoms with E-state index in [9.17, 15) is 28.0 Å². The highest BCUT2D eigenvalue weighted by molar-refractivity contribution is 6.35. The number of nitrogens with one attached hydrogen (secondary N) is 1. The molecule has 0 saturated heterocycles. The number of fused-ring (bicyclic) bond motifs is 2. The minimum absolute atomic E-state index is 0.0281. The van der Waals surface area contributed by atoms with E-state index in [0.717, 1.165) is 16.5 Å². The Morgan fingerprint density at radius 2 is 1.67 bits per heavy atom. The van der Waals surface area contributed by atoms with Crippen LogP contribution in [0.3, 0.4) is 0 Å². The maximum absolute atomic E-state index is 13.1. The van der Waals surface area contributed by atoms with Crippen molar-refractivity contribution < 1.29 is 42.2 Å². The number of benzene rings is 3. The smallest absolute Gasteiger partial charge is 0.452 e. The standard InChI is InChI=1S/C25H16F2N2O7/c1-13-4-2-3-5-18(13)29-22(31)16-8-6-14(10-17(16)23(29)32)24(33)34-12-21(30)28-15-7-9-19-20(11-15)36-25(26,27)35-19/h2-11H,12H2,1H3,(H,28,30). The van der Waals surface area contributed by atoms with Gasteiger partial charge in [-0.15, -0.1) is 8.78 Å². The maximum atomic E-state index is 13.1. The Morgan fingerprint density at radius 3 is 2.44 bits per heavy atom. The van der Waals surface area contributed by atoms with E-state index in [1.54, 1.807) is 31.2 Å². The third kappa shape index (κ3) is 4.11. The van der Waals surface area contributed by atoms with Gasteiger partial charge in [-0.3, -0.25) is 14.4 Å². The molecule has 3 amide bonds. The molecule has 0 bridgehead atoms. The fraction of sp³-hybridized carbons (Fsp3) is 0.120. The first-order valence-corrected chi connectivity index (χ1v) is 10.6. The van der Waals surface area contributed by atoms with Gasteiger partial charge in [-0.05, 0) is 48.9 Å². The number of carbonyl (C=O) groups excluding carboxylic acids is 4. The topological polar surface area (TPSA) is 111 Å². The molecule has 2 aliphatic rings. The van der Waals surface area contributed by atoms with E-state index in [0.29, 0.717) is 5.69 Å². The van der Waals surface area contributed by atoms with Crippen molar-refractivity contribution in [2.45, 2.75) is 13.2 Å². The van der Waals surface area contributed by atoms with Gasteiger partial charge in [0.05, 0.1) is 22.4 Å². The first-order chi connectivity index (χ1) is 17.1. The summed E-state index contributed by atoms with van der Waals surface area (Å²) in [5, 5.41) is 2.39. The Labute approximate surface area is 202 Å². The van der Waals surface area contributed by atoms with Crippen molar-refractivity contribution in [3.8, 4) is 11.5 Å². The summed E-state index contributed by atoms with van der Waals surface area (Å²) in [6.45, 7) is 1.08. The molecule has 1 N–H and O–H groups in total. The quantitative estimate of drug-likeness (QED) is 0.423. The predicted octanol–water partition coefficient (Wildman–Crippen LogP) is 3.91. The van der Waals surface area contributed by atoms with Gasteiger partial charge in [0.15, 0.2) is 18.1 Å². The van der Waals surface area contributed by atoms with Gasteiger partial charge in [0, 0.05) is 11.8 Å². The molecule has 0 aliphatic carbocycles. The molecule has 0 atom stereocenters. The normalized spacial score (nSPS) is 15.0. The molecular formula is C25H16F2N2O7. The number of esters is 1. The number of alkyl halides is 2. The second kappa shape index (κ2) is 8.45. The van der Waals surface area contributed by atoms with Crippen LogP contribution in [0.1, 0.15) is 36.6 Å². The highest BCUT2D eigenvalue weighted by atomic mass is 19.3. The van der Waals surface area contributed by atoms with E-state index < -0.39 is 36.6 Å². The molecule has 11 heteroatoms. The molecule has 0 unspecified atom stereocenters. The molecule has 5 rings (SSSR count). The molecule has 182 valence electrons. The van der Waals surface area contributed by atoms with E-state index in [-0.39, 0.29) is 33.9 Å². The van der Waals surface area contributed by atoms with Gasteiger partial charge >= 0.3 is 12.3 Å². The fourth-order valence-corrected chi connectivity index (χ4v) is 3.84. The number of aryl methyl sites for hydroxylation is 1. The lowest BCUT2D eigenvalue weighted by Crippen LogP contribution is -2.29. The molecule has 36 heavy (non-hydrogen) atoms. The molecule has 2 aliphatic heterocycles.